The van der Waals surface area contributed by atoms with Crippen LogP contribution in [0.25, 0.3) is 11.0 Å². The van der Waals surface area contributed by atoms with E-state index in [0.29, 0.717) is 17.6 Å². The number of para-hydroxylation sites is 2. The molecule has 0 aliphatic heterocycles. The highest BCUT2D eigenvalue weighted by Crippen LogP contribution is 2.18. The van der Waals surface area contributed by atoms with Crippen LogP contribution in [0.3, 0.4) is 0 Å². The molecular formula is C17H23N3O5S. The molecule has 1 aromatic carbocycles. The number of aromatic nitrogens is 2. The fourth-order valence-corrected chi connectivity index (χ4v) is 3.43. The number of carboxylic acids is 1. The van der Waals surface area contributed by atoms with Gasteiger partial charge in [0, 0.05) is 12.8 Å². The first-order chi connectivity index (χ1) is 12.1. The Balaban J connectivity index is 2.39. The maximum absolute atomic E-state index is 12.7. The number of carboxylic acid groups (broad SMARTS) is 1. The number of nitrogens with zero attached hydrogens (tertiary/aromatic N) is 3. The summed E-state index contributed by atoms with van der Waals surface area (Å²) in [4.78, 5) is 29.4. The lowest BCUT2D eigenvalue weighted by atomic mass is 10.2. The van der Waals surface area contributed by atoms with Gasteiger partial charge in [0.25, 0.3) is 0 Å². The second kappa shape index (κ2) is 7.86. The third-order valence-corrected chi connectivity index (χ3v) is 4.47. The minimum Gasteiger partial charge on any atom is -0.480 e. The van der Waals surface area contributed by atoms with Gasteiger partial charge >= 0.3 is 5.97 Å². The van der Waals surface area contributed by atoms with E-state index in [-0.39, 0.29) is 29.9 Å². The molecule has 1 heterocycles. The number of amides is 1. The van der Waals surface area contributed by atoms with Gasteiger partial charge in [-0.15, -0.1) is 0 Å². The fraction of sp³-hybridized carbons (Fsp3) is 0.471. The summed E-state index contributed by atoms with van der Waals surface area (Å²) in [6.45, 7) is 3.53. The molecule has 0 fully saturated rings. The lowest BCUT2D eigenvalue weighted by Crippen LogP contribution is -2.40. The summed E-state index contributed by atoms with van der Waals surface area (Å²) >= 11 is 0. The quantitative estimate of drug-likeness (QED) is 0.735. The maximum atomic E-state index is 12.7. The molecule has 0 radical (unpaired) electrons. The zero-order valence-electron chi connectivity index (χ0n) is 15.0. The highest BCUT2D eigenvalue weighted by atomic mass is 32.2. The largest absolute Gasteiger partial charge is 0.480 e. The molecule has 0 spiro atoms. The Bertz CT molecular complexity index is 918. The highest BCUT2D eigenvalue weighted by molar-refractivity contribution is 7.89. The monoisotopic (exact) mass is 381 g/mol. The normalized spacial score (nSPS) is 11.8. The number of aliphatic carboxylic acids is 1. The predicted molar refractivity (Wildman–Crippen MR) is 97.3 cm³/mol. The number of hydrogen-bond acceptors (Lipinski definition) is 5. The van der Waals surface area contributed by atoms with Crippen molar-refractivity contribution in [1.82, 2.24) is 14.5 Å². The van der Waals surface area contributed by atoms with Gasteiger partial charge in [-0.2, -0.15) is 0 Å². The Labute approximate surface area is 152 Å². The van der Waals surface area contributed by atoms with E-state index in [9.17, 15) is 18.0 Å². The number of carbonyl (C=O) groups is 2. The molecule has 0 aliphatic carbocycles. The second-order valence-corrected chi connectivity index (χ2v) is 8.88. The van der Waals surface area contributed by atoms with E-state index in [1.54, 1.807) is 28.8 Å². The van der Waals surface area contributed by atoms with Gasteiger partial charge in [-0.3, -0.25) is 9.59 Å². The molecule has 2 rings (SSSR count). The van der Waals surface area contributed by atoms with Gasteiger partial charge in [0.1, 0.15) is 24.7 Å². The number of fused-ring (bicyclic) bond motifs is 1. The molecular weight excluding hydrogens is 358 g/mol. The van der Waals surface area contributed by atoms with Crippen LogP contribution in [0.5, 0.6) is 0 Å². The van der Waals surface area contributed by atoms with Crippen LogP contribution in [0.1, 0.15) is 19.7 Å². The molecule has 1 N–H and O–H groups in total. The average molecular weight is 381 g/mol. The second-order valence-electron chi connectivity index (χ2n) is 6.73. The molecule has 0 saturated heterocycles. The highest BCUT2D eigenvalue weighted by Gasteiger charge is 2.22. The summed E-state index contributed by atoms with van der Waals surface area (Å²) in [5.41, 5.74) is 1.23. The van der Waals surface area contributed by atoms with Gasteiger partial charge < -0.3 is 14.6 Å². The lowest BCUT2D eigenvalue weighted by Gasteiger charge is -2.23. The molecule has 26 heavy (non-hydrogen) atoms. The van der Waals surface area contributed by atoms with Crippen molar-refractivity contribution in [2.75, 3.05) is 19.3 Å². The lowest BCUT2D eigenvalue weighted by molar-refractivity contribution is -0.145. The molecule has 1 amide bonds. The topological polar surface area (TPSA) is 110 Å². The number of rotatable bonds is 8. The molecule has 0 unspecified atom stereocenters. The van der Waals surface area contributed by atoms with Gasteiger partial charge in [0.2, 0.25) is 5.91 Å². The third-order valence-electron chi connectivity index (χ3n) is 3.68. The molecule has 0 saturated carbocycles. The van der Waals surface area contributed by atoms with E-state index < -0.39 is 22.4 Å². The van der Waals surface area contributed by atoms with Crippen LogP contribution in [-0.4, -0.2) is 59.2 Å². The first-order valence-electron chi connectivity index (χ1n) is 8.18. The van der Waals surface area contributed by atoms with E-state index in [4.69, 9.17) is 5.11 Å². The van der Waals surface area contributed by atoms with Crippen molar-refractivity contribution in [3.8, 4) is 0 Å². The van der Waals surface area contributed by atoms with E-state index in [1.165, 1.54) is 4.90 Å². The number of carbonyl (C=O) groups excluding carboxylic acids is 1. The zero-order chi connectivity index (χ0) is 19.5. The Morgan fingerprint density at radius 2 is 1.92 bits per heavy atom. The summed E-state index contributed by atoms with van der Waals surface area (Å²) in [5.74, 6) is -1.40. The van der Waals surface area contributed by atoms with Crippen molar-refractivity contribution in [2.24, 2.45) is 5.92 Å². The minimum atomic E-state index is -3.34. The molecule has 9 heteroatoms. The van der Waals surface area contributed by atoms with Crippen molar-refractivity contribution < 1.29 is 23.1 Å². The first kappa shape index (κ1) is 19.9. The summed E-state index contributed by atoms with van der Waals surface area (Å²) in [5, 5.41) is 9.06. The standard InChI is InChI=1S/C17H23N3O5S/c1-12(2)8-19(10-17(22)23)16(21)9-20-14-7-5-4-6-13(14)18-15(20)11-26(3,24)25/h4-7,12H,8-11H2,1-3H3,(H,22,23). The van der Waals surface area contributed by atoms with Crippen LogP contribution < -0.4 is 0 Å². The van der Waals surface area contributed by atoms with Crippen LogP contribution in [0.4, 0.5) is 0 Å². The number of hydrogen-bond donors (Lipinski definition) is 1. The van der Waals surface area contributed by atoms with Crippen LogP contribution in [0.2, 0.25) is 0 Å². The van der Waals surface area contributed by atoms with E-state index >= 15 is 0 Å². The van der Waals surface area contributed by atoms with Crippen LogP contribution in [0, 0.1) is 5.92 Å². The maximum Gasteiger partial charge on any atom is 0.323 e. The van der Waals surface area contributed by atoms with Crippen LogP contribution in [-0.2, 0) is 31.7 Å². The average Bonchev–Trinajstić information content (AvgIpc) is 2.81. The first-order valence-corrected chi connectivity index (χ1v) is 10.2. The number of sulfone groups is 1. The third kappa shape index (κ3) is 5.29. The molecule has 0 atom stereocenters. The van der Waals surface area contributed by atoms with Crippen molar-refractivity contribution in [3.63, 3.8) is 0 Å². The van der Waals surface area contributed by atoms with Gasteiger partial charge in [-0.1, -0.05) is 26.0 Å². The van der Waals surface area contributed by atoms with Gasteiger partial charge in [0.15, 0.2) is 9.84 Å². The van der Waals surface area contributed by atoms with Gasteiger partial charge in [0.05, 0.1) is 11.0 Å². The van der Waals surface area contributed by atoms with E-state index in [1.807, 2.05) is 13.8 Å². The van der Waals surface area contributed by atoms with E-state index in [2.05, 4.69) is 4.98 Å². The van der Waals surface area contributed by atoms with Crippen molar-refractivity contribution in [3.05, 3.63) is 30.1 Å². The Morgan fingerprint density at radius 1 is 1.27 bits per heavy atom. The van der Waals surface area contributed by atoms with Crippen molar-refractivity contribution in [1.29, 1.82) is 0 Å². The molecule has 0 bridgehead atoms. The molecule has 2 aromatic rings. The Hall–Kier alpha value is -2.42. The van der Waals surface area contributed by atoms with Gasteiger partial charge in [-0.25, -0.2) is 13.4 Å². The molecule has 8 nitrogen and oxygen atoms in total. The molecule has 142 valence electrons. The summed E-state index contributed by atoms with van der Waals surface area (Å²) in [6.07, 6.45) is 1.11. The molecule has 1 aromatic heterocycles. The van der Waals surface area contributed by atoms with Gasteiger partial charge in [-0.05, 0) is 18.1 Å². The predicted octanol–water partition coefficient (Wildman–Crippen LogP) is 1.15. The zero-order valence-corrected chi connectivity index (χ0v) is 15.9. The number of benzene rings is 1. The Kier molecular flexibility index (Phi) is 6.01. The summed E-state index contributed by atoms with van der Waals surface area (Å²) in [6, 6.07) is 7.05. The van der Waals surface area contributed by atoms with E-state index in [0.717, 1.165) is 6.26 Å². The van der Waals surface area contributed by atoms with Crippen LogP contribution in [0.15, 0.2) is 24.3 Å². The van der Waals surface area contributed by atoms with Crippen molar-refractivity contribution >= 4 is 32.7 Å². The smallest absolute Gasteiger partial charge is 0.323 e. The number of imidazole rings is 1. The minimum absolute atomic E-state index is 0.105. The fourth-order valence-electron chi connectivity index (χ4n) is 2.74. The van der Waals surface area contributed by atoms with Crippen LogP contribution >= 0.6 is 0 Å². The molecule has 0 aliphatic rings. The summed E-state index contributed by atoms with van der Waals surface area (Å²) in [7, 11) is -3.34. The SMILES string of the molecule is CC(C)CN(CC(=O)O)C(=O)Cn1c(CS(C)(=O)=O)nc2ccccc21. The Morgan fingerprint density at radius 3 is 2.50 bits per heavy atom. The van der Waals surface area contributed by atoms with Crippen molar-refractivity contribution in [2.45, 2.75) is 26.1 Å². The summed E-state index contributed by atoms with van der Waals surface area (Å²) < 4.78 is 25.0.